The number of hydrogen-bond acceptors (Lipinski definition) is 4. The van der Waals surface area contributed by atoms with Crippen molar-refractivity contribution in [2.75, 3.05) is 13.7 Å². The number of para-hydroxylation sites is 1. The molecule has 1 aromatic heterocycles. The molecule has 2 aromatic rings. The van der Waals surface area contributed by atoms with Gasteiger partial charge in [-0.15, -0.1) is 0 Å². The van der Waals surface area contributed by atoms with E-state index in [-0.39, 0.29) is 11.8 Å². The van der Waals surface area contributed by atoms with Gasteiger partial charge in [0.15, 0.2) is 17.4 Å². The van der Waals surface area contributed by atoms with Crippen molar-refractivity contribution in [2.24, 2.45) is 0 Å². The third-order valence-electron chi connectivity index (χ3n) is 3.31. The van der Waals surface area contributed by atoms with Gasteiger partial charge in [0.05, 0.1) is 18.7 Å². The zero-order valence-electron chi connectivity index (χ0n) is 10.6. The van der Waals surface area contributed by atoms with E-state index in [1.807, 2.05) is 0 Å². The van der Waals surface area contributed by atoms with Gasteiger partial charge in [-0.05, 0) is 31.5 Å². The van der Waals surface area contributed by atoms with Crippen LogP contribution >= 0.6 is 0 Å². The Morgan fingerprint density at radius 3 is 3.05 bits per heavy atom. The number of ether oxygens (including phenoxy) is 1. The van der Waals surface area contributed by atoms with Gasteiger partial charge in [0.25, 0.3) is 0 Å². The lowest BCUT2D eigenvalue weighted by atomic mass is 10.2. The van der Waals surface area contributed by atoms with E-state index < -0.39 is 5.82 Å². The lowest BCUT2D eigenvalue weighted by Crippen LogP contribution is -2.14. The number of aromatic amines is 1. The molecule has 0 unspecified atom stereocenters. The van der Waals surface area contributed by atoms with Crippen LogP contribution in [0.25, 0.3) is 11.4 Å². The molecule has 19 heavy (non-hydrogen) atoms. The molecule has 1 aliphatic heterocycles. The number of methoxy groups -OCH3 is 1. The van der Waals surface area contributed by atoms with E-state index in [9.17, 15) is 4.39 Å². The largest absolute Gasteiger partial charge is 0.493 e. The standard InChI is InChI=1S/C13H15FN4O/c1-19-11-8(4-2-5-9(11)14)12-16-13(18-17-12)10-6-3-7-15-10/h2,4-5,10,15H,3,6-7H2,1H3,(H,16,17,18)/t10-/m0/s1. The molecule has 1 saturated heterocycles. The van der Waals surface area contributed by atoms with Crippen LogP contribution in [0.1, 0.15) is 24.7 Å². The van der Waals surface area contributed by atoms with Crippen molar-refractivity contribution in [1.29, 1.82) is 0 Å². The number of rotatable bonds is 3. The van der Waals surface area contributed by atoms with Gasteiger partial charge in [0, 0.05) is 0 Å². The van der Waals surface area contributed by atoms with E-state index >= 15 is 0 Å². The Bertz CT molecular complexity index is 578. The Morgan fingerprint density at radius 1 is 1.42 bits per heavy atom. The highest BCUT2D eigenvalue weighted by molar-refractivity contribution is 5.64. The molecule has 0 aliphatic carbocycles. The predicted octanol–water partition coefficient (Wildman–Crippen LogP) is 2.04. The van der Waals surface area contributed by atoms with Gasteiger partial charge in [-0.2, -0.15) is 5.10 Å². The summed E-state index contributed by atoms with van der Waals surface area (Å²) >= 11 is 0. The summed E-state index contributed by atoms with van der Waals surface area (Å²) in [7, 11) is 1.44. The van der Waals surface area contributed by atoms with Crippen molar-refractivity contribution in [2.45, 2.75) is 18.9 Å². The molecule has 2 heterocycles. The molecule has 1 atom stereocenters. The fourth-order valence-electron chi connectivity index (χ4n) is 2.36. The minimum Gasteiger partial charge on any atom is -0.493 e. The van der Waals surface area contributed by atoms with E-state index in [0.717, 1.165) is 25.2 Å². The van der Waals surface area contributed by atoms with Gasteiger partial charge in [0.2, 0.25) is 0 Å². The smallest absolute Gasteiger partial charge is 0.185 e. The second kappa shape index (κ2) is 4.97. The van der Waals surface area contributed by atoms with Crippen molar-refractivity contribution in [3.05, 3.63) is 29.8 Å². The van der Waals surface area contributed by atoms with Crippen LogP contribution in [0.4, 0.5) is 4.39 Å². The Balaban J connectivity index is 1.96. The maximum absolute atomic E-state index is 13.6. The van der Waals surface area contributed by atoms with Gasteiger partial charge < -0.3 is 10.1 Å². The van der Waals surface area contributed by atoms with Crippen LogP contribution in [-0.4, -0.2) is 28.8 Å². The molecule has 0 spiro atoms. The highest BCUT2D eigenvalue weighted by atomic mass is 19.1. The van der Waals surface area contributed by atoms with Crippen molar-refractivity contribution in [3.63, 3.8) is 0 Å². The molecule has 0 radical (unpaired) electrons. The topological polar surface area (TPSA) is 62.8 Å². The van der Waals surface area contributed by atoms with Gasteiger partial charge in [-0.3, -0.25) is 5.10 Å². The first kappa shape index (κ1) is 12.1. The average molecular weight is 262 g/mol. The van der Waals surface area contributed by atoms with Crippen molar-refractivity contribution in [3.8, 4) is 17.1 Å². The number of nitrogens with zero attached hydrogens (tertiary/aromatic N) is 2. The normalized spacial score (nSPS) is 18.7. The SMILES string of the molecule is COc1c(F)cccc1-c1n[nH]c([C@@H]2CCCN2)n1. The summed E-state index contributed by atoms with van der Waals surface area (Å²) < 4.78 is 18.7. The van der Waals surface area contributed by atoms with Gasteiger partial charge in [0.1, 0.15) is 5.82 Å². The first-order valence-corrected chi connectivity index (χ1v) is 6.28. The fourth-order valence-corrected chi connectivity index (χ4v) is 2.36. The summed E-state index contributed by atoms with van der Waals surface area (Å²) in [4.78, 5) is 4.44. The first-order chi connectivity index (χ1) is 9.29. The molecule has 1 aromatic carbocycles. The maximum atomic E-state index is 13.6. The van der Waals surface area contributed by atoms with Crippen LogP contribution in [0.2, 0.25) is 0 Å². The molecule has 0 amide bonds. The summed E-state index contributed by atoms with van der Waals surface area (Å²) in [6.07, 6.45) is 2.17. The molecule has 100 valence electrons. The summed E-state index contributed by atoms with van der Waals surface area (Å²) in [5.41, 5.74) is 0.558. The molecule has 5 nitrogen and oxygen atoms in total. The molecule has 2 N–H and O–H groups in total. The van der Waals surface area contributed by atoms with E-state index in [2.05, 4.69) is 20.5 Å². The second-order valence-electron chi connectivity index (χ2n) is 4.51. The zero-order chi connectivity index (χ0) is 13.2. The number of hydrogen-bond donors (Lipinski definition) is 2. The number of aromatic nitrogens is 3. The van der Waals surface area contributed by atoms with Crippen LogP contribution in [-0.2, 0) is 0 Å². The van der Waals surface area contributed by atoms with E-state index in [1.165, 1.54) is 13.2 Å². The van der Waals surface area contributed by atoms with Crippen LogP contribution in [0.15, 0.2) is 18.2 Å². The number of nitrogens with one attached hydrogen (secondary N) is 2. The minimum atomic E-state index is -0.412. The molecule has 1 fully saturated rings. The monoisotopic (exact) mass is 262 g/mol. The highest BCUT2D eigenvalue weighted by Crippen LogP contribution is 2.30. The Hall–Kier alpha value is -1.95. The van der Waals surface area contributed by atoms with Crippen LogP contribution < -0.4 is 10.1 Å². The van der Waals surface area contributed by atoms with Crippen molar-refractivity contribution < 1.29 is 9.13 Å². The van der Waals surface area contributed by atoms with Crippen molar-refractivity contribution in [1.82, 2.24) is 20.5 Å². The molecular formula is C13H15FN4O. The molecule has 0 bridgehead atoms. The highest BCUT2D eigenvalue weighted by Gasteiger charge is 2.21. The molecule has 0 saturated carbocycles. The molecule has 1 aliphatic rings. The summed E-state index contributed by atoms with van der Waals surface area (Å²) in [6, 6.07) is 4.93. The molecule has 6 heteroatoms. The fraction of sp³-hybridized carbons (Fsp3) is 0.385. The molecule has 3 rings (SSSR count). The lowest BCUT2D eigenvalue weighted by Gasteiger charge is -2.06. The van der Waals surface area contributed by atoms with E-state index in [4.69, 9.17) is 4.74 Å². The van der Waals surface area contributed by atoms with Gasteiger partial charge in [-0.25, -0.2) is 9.37 Å². The third-order valence-corrected chi connectivity index (χ3v) is 3.31. The maximum Gasteiger partial charge on any atom is 0.185 e. The third kappa shape index (κ3) is 2.19. The van der Waals surface area contributed by atoms with Crippen LogP contribution in [0.3, 0.4) is 0 Å². The Kier molecular flexibility index (Phi) is 3.16. The quantitative estimate of drug-likeness (QED) is 0.888. The van der Waals surface area contributed by atoms with Gasteiger partial charge >= 0.3 is 0 Å². The lowest BCUT2D eigenvalue weighted by molar-refractivity contribution is 0.388. The van der Waals surface area contributed by atoms with Crippen molar-refractivity contribution >= 4 is 0 Å². The average Bonchev–Trinajstić information content (AvgIpc) is 3.09. The predicted molar refractivity (Wildman–Crippen MR) is 68.3 cm³/mol. The van der Waals surface area contributed by atoms with Crippen LogP contribution in [0.5, 0.6) is 5.75 Å². The zero-order valence-corrected chi connectivity index (χ0v) is 10.6. The first-order valence-electron chi connectivity index (χ1n) is 6.28. The van der Waals surface area contributed by atoms with Gasteiger partial charge in [-0.1, -0.05) is 6.07 Å². The number of benzene rings is 1. The molecular weight excluding hydrogens is 247 g/mol. The van der Waals surface area contributed by atoms with Crippen LogP contribution in [0, 0.1) is 5.82 Å². The minimum absolute atomic E-state index is 0.174. The second-order valence-corrected chi connectivity index (χ2v) is 4.51. The number of H-pyrrole nitrogens is 1. The van der Waals surface area contributed by atoms with E-state index in [1.54, 1.807) is 12.1 Å². The summed E-state index contributed by atoms with van der Waals surface area (Å²) in [5.74, 6) is 1.01. The number of halogens is 1. The Labute approximate surface area is 110 Å². The van der Waals surface area contributed by atoms with E-state index in [0.29, 0.717) is 11.4 Å². The Morgan fingerprint density at radius 2 is 2.32 bits per heavy atom. The summed E-state index contributed by atoms with van der Waals surface area (Å²) in [5, 5.41) is 10.4. The summed E-state index contributed by atoms with van der Waals surface area (Å²) in [6.45, 7) is 0.990.